The van der Waals surface area contributed by atoms with E-state index < -0.39 is 18.2 Å². The van der Waals surface area contributed by atoms with Crippen molar-refractivity contribution in [2.75, 3.05) is 5.32 Å². The summed E-state index contributed by atoms with van der Waals surface area (Å²) in [7, 11) is 0. The predicted octanol–water partition coefficient (Wildman–Crippen LogP) is 6.36. The standard InChI is InChI=1S/C23H17Cl4N3O3/c24-16-7-6-15(19(26)10-16)13-33-17-8-4-14(5-9-17)12-28-30-22(32)11-21(31)29-20-3-1-2-18(25)23(20)27/h1-10,12H,11,13H2,(H,29,31)(H,30,32). The second-order valence-electron chi connectivity index (χ2n) is 6.71. The van der Waals surface area contributed by atoms with E-state index in [1.807, 2.05) is 0 Å². The van der Waals surface area contributed by atoms with Crippen LogP contribution in [-0.2, 0) is 16.2 Å². The van der Waals surface area contributed by atoms with E-state index in [0.29, 0.717) is 33.1 Å². The molecule has 0 saturated carbocycles. The van der Waals surface area contributed by atoms with Crippen molar-refractivity contribution in [3.8, 4) is 5.75 Å². The molecule has 3 rings (SSSR count). The number of benzene rings is 3. The lowest BCUT2D eigenvalue weighted by atomic mass is 10.2. The molecule has 0 saturated heterocycles. The number of hydrazone groups is 1. The average molecular weight is 525 g/mol. The maximum absolute atomic E-state index is 12.0. The maximum atomic E-state index is 12.0. The largest absolute Gasteiger partial charge is 0.489 e. The van der Waals surface area contributed by atoms with Crippen LogP contribution in [0.15, 0.2) is 65.8 Å². The topological polar surface area (TPSA) is 79.8 Å². The number of amides is 2. The van der Waals surface area contributed by atoms with Crippen LogP contribution in [0.5, 0.6) is 5.75 Å². The fourth-order valence-electron chi connectivity index (χ4n) is 2.61. The summed E-state index contributed by atoms with van der Waals surface area (Å²) in [6, 6.07) is 17.1. The Labute approximate surface area is 210 Å². The Morgan fingerprint density at radius 3 is 2.39 bits per heavy atom. The van der Waals surface area contributed by atoms with E-state index in [1.54, 1.807) is 60.7 Å². The van der Waals surface area contributed by atoms with Crippen LogP contribution >= 0.6 is 46.4 Å². The predicted molar refractivity (Wildman–Crippen MR) is 133 cm³/mol. The van der Waals surface area contributed by atoms with E-state index in [9.17, 15) is 9.59 Å². The van der Waals surface area contributed by atoms with Gasteiger partial charge in [-0.25, -0.2) is 5.43 Å². The molecule has 0 unspecified atom stereocenters. The lowest BCUT2D eigenvalue weighted by molar-refractivity contribution is -0.126. The van der Waals surface area contributed by atoms with Gasteiger partial charge < -0.3 is 10.1 Å². The first-order valence-electron chi connectivity index (χ1n) is 9.54. The Morgan fingerprint density at radius 2 is 1.67 bits per heavy atom. The average Bonchev–Trinajstić information content (AvgIpc) is 2.77. The molecule has 0 spiro atoms. The zero-order valence-corrected chi connectivity index (χ0v) is 20.0. The van der Waals surface area contributed by atoms with Crippen LogP contribution in [0.25, 0.3) is 0 Å². The SMILES string of the molecule is O=C(CC(=O)Nc1cccc(Cl)c1Cl)NN=Cc1ccc(OCc2ccc(Cl)cc2Cl)cc1. The summed E-state index contributed by atoms with van der Waals surface area (Å²) in [5.41, 5.74) is 4.17. The van der Waals surface area contributed by atoms with Gasteiger partial charge in [0.25, 0.3) is 0 Å². The molecule has 0 atom stereocenters. The second-order valence-corrected chi connectivity index (χ2v) is 8.34. The molecule has 2 amide bonds. The van der Waals surface area contributed by atoms with Gasteiger partial charge in [0.1, 0.15) is 18.8 Å². The molecule has 0 heterocycles. The fraction of sp³-hybridized carbons (Fsp3) is 0.0870. The summed E-state index contributed by atoms with van der Waals surface area (Å²) in [6.45, 7) is 0.294. The number of ether oxygens (including phenoxy) is 1. The van der Waals surface area contributed by atoms with Crippen molar-refractivity contribution in [1.29, 1.82) is 0 Å². The minimum absolute atomic E-state index is 0.203. The van der Waals surface area contributed by atoms with Gasteiger partial charge in [0.05, 0.1) is 21.9 Å². The van der Waals surface area contributed by atoms with Crippen molar-refractivity contribution in [2.24, 2.45) is 5.10 Å². The summed E-state index contributed by atoms with van der Waals surface area (Å²) in [5, 5.41) is 7.98. The van der Waals surface area contributed by atoms with E-state index in [1.165, 1.54) is 6.21 Å². The smallest absolute Gasteiger partial charge is 0.249 e. The van der Waals surface area contributed by atoms with E-state index in [4.69, 9.17) is 51.1 Å². The number of hydrogen-bond donors (Lipinski definition) is 2. The molecular formula is C23H17Cl4N3O3. The molecule has 0 fully saturated rings. The van der Waals surface area contributed by atoms with Crippen LogP contribution < -0.4 is 15.5 Å². The van der Waals surface area contributed by atoms with Gasteiger partial charge in [-0.1, -0.05) is 58.5 Å². The molecule has 170 valence electrons. The van der Waals surface area contributed by atoms with Gasteiger partial charge in [-0.05, 0) is 54.1 Å². The van der Waals surface area contributed by atoms with E-state index in [-0.39, 0.29) is 5.02 Å². The summed E-state index contributed by atoms with van der Waals surface area (Å²) in [5.74, 6) is -0.491. The first-order valence-corrected chi connectivity index (χ1v) is 11.1. The summed E-state index contributed by atoms with van der Waals surface area (Å²) < 4.78 is 5.71. The number of halogens is 4. The molecule has 2 N–H and O–H groups in total. The highest BCUT2D eigenvalue weighted by atomic mass is 35.5. The highest BCUT2D eigenvalue weighted by Gasteiger charge is 2.12. The van der Waals surface area contributed by atoms with Gasteiger partial charge in [-0.2, -0.15) is 5.10 Å². The second kappa shape index (κ2) is 11.9. The van der Waals surface area contributed by atoms with E-state index in [2.05, 4.69) is 15.8 Å². The molecule has 3 aromatic rings. The van der Waals surface area contributed by atoms with Gasteiger partial charge in [0, 0.05) is 15.6 Å². The van der Waals surface area contributed by atoms with Gasteiger partial charge in [-0.15, -0.1) is 0 Å². The molecule has 0 aliphatic carbocycles. The highest BCUT2D eigenvalue weighted by molar-refractivity contribution is 6.44. The zero-order valence-electron chi connectivity index (χ0n) is 16.9. The van der Waals surface area contributed by atoms with Crippen molar-refractivity contribution in [1.82, 2.24) is 5.43 Å². The Morgan fingerprint density at radius 1 is 0.909 bits per heavy atom. The van der Waals surface area contributed by atoms with Gasteiger partial charge in [-0.3, -0.25) is 9.59 Å². The molecule has 33 heavy (non-hydrogen) atoms. The third-order valence-electron chi connectivity index (χ3n) is 4.24. The number of carbonyl (C=O) groups excluding carboxylic acids is 2. The van der Waals surface area contributed by atoms with Gasteiger partial charge >= 0.3 is 0 Å². The highest BCUT2D eigenvalue weighted by Crippen LogP contribution is 2.29. The van der Waals surface area contributed by atoms with Crippen molar-refractivity contribution >= 4 is 70.1 Å². The Kier molecular flexibility index (Phi) is 8.97. The number of anilines is 1. The normalized spacial score (nSPS) is 10.8. The van der Waals surface area contributed by atoms with Gasteiger partial charge in [0.15, 0.2) is 0 Å². The van der Waals surface area contributed by atoms with Crippen LogP contribution in [0.2, 0.25) is 20.1 Å². The molecule has 6 nitrogen and oxygen atoms in total. The van der Waals surface area contributed by atoms with Crippen LogP contribution in [0.4, 0.5) is 5.69 Å². The molecular weight excluding hydrogens is 508 g/mol. The number of nitrogens with one attached hydrogen (secondary N) is 2. The van der Waals surface area contributed by atoms with E-state index in [0.717, 1.165) is 11.1 Å². The van der Waals surface area contributed by atoms with Crippen LogP contribution in [-0.4, -0.2) is 18.0 Å². The quantitative estimate of drug-likeness (QED) is 0.204. The number of nitrogens with zero attached hydrogens (tertiary/aromatic N) is 1. The molecule has 0 aliphatic heterocycles. The van der Waals surface area contributed by atoms with Crippen LogP contribution in [0.1, 0.15) is 17.5 Å². The first-order chi connectivity index (χ1) is 15.8. The van der Waals surface area contributed by atoms with E-state index >= 15 is 0 Å². The lowest BCUT2D eigenvalue weighted by Crippen LogP contribution is -2.24. The Bertz CT molecular complexity index is 1180. The Hall–Kier alpha value is -2.77. The minimum atomic E-state index is -0.582. The van der Waals surface area contributed by atoms with Crippen molar-refractivity contribution in [2.45, 2.75) is 13.0 Å². The third kappa shape index (κ3) is 7.65. The Balaban J connectivity index is 1.45. The zero-order chi connectivity index (χ0) is 23.8. The monoisotopic (exact) mass is 523 g/mol. The summed E-state index contributed by atoms with van der Waals surface area (Å²) in [4.78, 5) is 23.9. The van der Waals surface area contributed by atoms with Crippen molar-refractivity contribution in [3.05, 3.63) is 91.9 Å². The number of carbonyl (C=O) groups is 2. The maximum Gasteiger partial charge on any atom is 0.249 e. The molecule has 0 radical (unpaired) electrons. The summed E-state index contributed by atoms with van der Waals surface area (Å²) >= 11 is 23.9. The van der Waals surface area contributed by atoms with Crippen molar-refractivity contribution in [3.63, 3.8) is 0 Å². The summed E-state index contributed by atoms with van der Waals surface area (Å²) in [6.07, 6.45) is 1.02. The first kappa shape index (κ1) is 24.9. The molecule has 10 heteroatoms. The lowest BCUT2D eigenvalue weighted by Gasteiger charge is -2.08. The minimum Gasteiger partial charge on any atom is -0.489 e. The van der Waals surface area contributed by atoms with Crippen LogP contribution in [0.3, 0.4) is 0 Å². The van der Waals surface area contributed by atoms with Gasteiger partial charge in [0.2, 0.25) is 11.8 Å². The molecule has 3 aromatic carbocycles. The molecule has 0 bridgehead atoms. The molecule has 0 aromatic heterocycles. The molecule has 0 aliphatic rings. The number of hydrogen-bond acceptors (Lipinski definition) is 4. The fourth-order valence-corrected chi connectivity index (χ4v) is 3.42. The van der Waals surface area contributed by atoms with Crippen LogP contribution in [0, 0.1) is 0 Å². The van der Waals surface area contributed by atoms with Crippen molar-refractivity contribution < 1.29 is 14.3 Å². The number of rotatable bonds is 8. The third-order valence-corrected chi connectivity index (χ3v) is 5.65.